The Morgan fingerprint density at radius 3 is 2.62 bits per heavy atom. The highest BCUT2D eigenvalue weighted by molar-refractivity contribution is 8.01. The van der Waals surface area contributed by atoms with Crippen molar-refractivity contribution in [3.63, 3.8) is 0 Å². The Morgan fingerprint density at radius 1 is 1.15 bits per heavy atom. The van der Waals surface area contributed by atoms with Crippen LogP contribution in [-0.2, 0) is 6.18 Å². The number of hydrogen-bond acceptors (Lipinski definition) is 6. The minimum atomic E-state index is -4.45. The van der Waals surface area contributed by atoms with Gasteiger partial charge < -0.3 is 0 Å². The summed E-state index contributed by atoms with van der Waals surface area (Å²) in [6.45, 7) is 0. The summed E-state index contributed by atoms with van der Waals surface area (Å²) in [6.07, 6.45) is -3.72. The maximum absolute atomic E-state index is 13.1. The standard InChI is InChI=1S/C16H9F4N3OS2/c17-11-3-1-2-9(6-11)13(24)8-25-15-23-22-14(26-15)12-5-4-10(7-21-12)16(18,19)20/h1-7H,8H2. The number of rotatable bonds is 5. The predicted octanol–water partition coefficient (Wildman–Crippen LogP) is 4.73. The van der Waals surface area contributed by atoms with Crippen LogP contribution in [0.15, 0.2) is 46.9 Å². The Balaban J connectivity index is 1.65. The molecule has 0 fully saturated rings. The highest BCUT2D eigenvalue weighted by atomic mass is 32.2. The molecule has 26 heavy (non-hydrogen) atoms. The molecule has 0 aliphatic carbocycles. The molecule has 0 bridgehead atoms. The third kappa shape index (κ3) is 4.44. The van der Waals surface area contributed by atoms with E-state index in [0.29, 0.717) is 9.35 Å². The first-order valence-electron chi connectivity index (χ1n) is 7.11. The highest BCUT2D eigenvalue weighted by Crippen LogP contribution is 2.32. The van der Waals surface area contributed by atoms with Crippen LogP contribution >= 0.6 is 23.1 Å². The minimum Gasteiger partial charge on any atom is -0.293 e. The van der Waals surface area contributed by atoms with Gasteiger partial charge in [0, 0.05) is 11.8 Å². The van der Waals surface area contributed by atoms with Gasteiger partial charge in [-0.1, -0.05) is 35.2 Å². The monoisotopic (exact) mass is 399 g/mol. The molecular weight excluding hydrogens is 390 g/mol. The molecule has 0 unspecified atom stereocenters. The van der Waals surface area contributed by atoms with E-state index in [-0.39, 0.29) is 22.8 Å². The number of hydrogen-bond donors (Lipinski definition) is 0. The number of alkyl halides is 3. The summed E-state index contributed by atoms with van der Waals surface area (Å²) in [6, 6.07) is 7.51. The van der Waals surface area contributed by atoms with Crippen molar-refractivity contribution in [1.82, 2.24) is 15.2 Å². The lowest BCUT2D eigenvalue weighted by molar-refractivity contribution is -0.137. The Morgan fingerprint density at radius 2 is 1.96 bits per heavy atom. The van der Waals surface area contributed by atoms with Crippen LogP contribution in [0.2, 0.25) is 0 Å². The lowest BCUT2D eigenvalue weighted by atomic mass is 10.1. The van der Waals surface area contributed by atoms with Crippen molar-refractivity contribution in [1.29, 1.82) is 0 Å². The van der Waals surface area contributed by atoms with E-state index in [1.807, 2.05) is 0 Å². The number of aromatic nitrogens is 3. The van der Waals surface area contributed by atoms with Crippen molar-refractivity contribution in [3.05, 3.63) is 59.5 Å². The zero-order chi connectivity index (χ0) is 18.7. The molecule has 0 radical (unpaired) electrons. The summed E-state index contributed by atoms with van der Waals surface area (Å²) in [7, 11) is 0. The van der Waals surface area contributed by atoms with Crippen LogP contribution in [0.25, 0.3) is 10.7 Å². The second-order valence-electron chi connectivity index (χ2n) is 5.03. The molecule has 0 atom stereocenters. The largest absolute Gasteiger partial charge is 0.417 e. The molecule has 4 nitrogen and oxygen atoms in total. The quantitative estimate of drug-likeness (QED) is 0.353. The van der Waals surface area contributed by atoms with Crippen molar-refractivity contribution < 1.29 is 22.4 Å². The van der Waals surface area contributed by atoms with Gasteiger partial charge in [-0.25, -0.2) is 4.39 Å². The average Bonchev–Trinajstić information content (AvgIpc) is 3.08. The topological polar surface area (TPSA) is 55.7 Å². The number of pyridine rings is 1. The summed E-state index contributed by atoms with van der Waals surface area (Å²) in [5, 5.41) is 8.11. The average molecular weight is 399 g/mol. The predicted molar refractivity (Wildman–Crippen MR) is 89.6 cm³/mol. The van der Waals surface area contributed by atoms with Gasteiger partial charge in [0.25, 0.3) is 0 Å². The fraction of sp³-hybridized carbons (Fsp3) is 0.125. The molecule has 0 aliphatic heterocycles. The lowest BCUT2D eigenvalue weighted by Gasteiger charge is -2.05. The second-order valence-corrected chi connectivity index (χ2v) is 7.23. The molecule has 0 saturated carbocycles. The number of carbonyl (C=O) groups excluding carboxylic acids is 1. The van der Waals surface area contributed by atoms with Crippen molar-refractivity contribution in [3.8, 4) is 10.7 Å². The van der Waals surface area contributed by atoms with Crippen molar-refractivity contribution >= 4 is 28.9 Å². The van der Waals surface area contributed by atoms with Gasteiger partial charge in [-0.05, 0) is 24.3 Å². The molecule has 0 aliphatic rings. The number of ketones is 1. The Hall–Kier alpha value is -2.33. The molecule has 10 heteroatoms. The molecule has 0 amide bonds. The Labute approximate surface area is 153 Å². The first kappa shape index (κ1) is 18.5. The molecule has 2 heterocycles. The van der Waals surface area contributed by atoms with Crippen LogP contribution in [0.3, 0.4) is 0 Å². The number of nitrogens with zero attached hydrogens (tertiary/aromatic N) is 3. The van der Waals surface area contributed by atoms with Crippen LogP contribution in [-0.4, -0.2) is 26.7 Å². The van der Waals surface area contributed by atoms with Gasteiger partial charge in [-0.15, -0.1) is 10.2 Å². The zero-order valence-corrected chi connectivity index (χ0v) is 14.5. The van der Waals surface area contributed by atoms with Crippen molar-refractivity contribution in [2.45, 2.75) is 10.5 Å². The van der Waals surface area contributed by atoms with E-state index in [9.17, 15) is 22.4 Å². The normalized spacial score (nSPS) is 11.5. The van der Waals surface area contributed by atoms with Crippen LogP contribution in [0, 0.1) is 5.82 Å². The molecule has 3 rings (SSSR count). The smallest absolute Gasteiger partial charge is 0.293 e. The van der Waals surface area contributed by atoms with E-state index in [1.54, 1.807) is 0 Å². The minimum absolute atomic E-state index is 0.0402. The molecule has 0 N–H and O–H groups in total. The highest BCUT2D eigenvalue weighted by Gasteiger charge is 2.30. The molecule has 0 saturated heterocycles. The third-order valence-electron chi connectivity index (χ3n) is 3.19. The van der Waals surface area contributed by atoms with Crippen molar-refractivity contribution in [2.75, 3.05) is 5.75 Å². The van der Waals surface area contributed by atoms with E-state index in [1.165, 1.54) is 24.3 Å². The fourth-order valence-corrected chi connectivity index (χ4v) is 3.66. The van der Waals surface area contributed by atoms with E-state index >= 15 is 0 Å². The Bertz CT molecular complexity index is 926. The maximum atomic E-state index is 13.1. The number of halogens is 4. The third-order valence-corrected chi connectivity index (χ3v) is 5.27. The van der Waals surface area contributed by atoms with Gasteiger partial charge in [-0.2, -0.15) is 13.2 Å². The van der Waals surface area contributed by atoms with Gasteiger partial charge in [0.05, 0.1) is 11.3 Å². The SMILES string of the molecule is O=C(CSc1nnc(-c2ccc(C(F)(F)F)cn2)s1)c1cccc(F)c1. The summed E-state index contributed by atoms with van der Waals surface area (Å²) in [5.74, 6) is -0.718. The van der Waals surface area contributed by atoms with Gasteiger partial charge >= 0.3 is 6.18 Å². The number of carbonyl (C=O) groups is 1. The van der Waals surface area contributed by atoms with Gasteiger partial charge in [0.2, 0.25) is 0 Å². The lowest BCUT2D eigenvalue weighted by Crippen LogP contribution is -2.05. The number of benzene rings is 1. The maximum Gasteiger partial charge on any atom is 0.417 e. The van der Waals surface area contributed by atoms with E-state index in [0.717, 1.165) is 41.4 Å². The summed E-state index contributed by atoms with van der Waals surface area (Å²) >= 11 is 2.23. The zero-order valence-electron chi connectivity index (χ0n) is 12.8. The molecular formula is C16H9F4N3OS2. The van der Waals surface area contributed by atoms with E-state index in [4.69, 9.17) is 0 Å². The van der Waals surface area contributed by atoms with Gasteiger partial charge in [0.1, 0.15) is 11.5 Å². The molecule has 1 aromatic carbocycles. The van der Waals surface area contributed by atoms with Crippen LogP contribution < -0.4 is 0 Å². The molecule has 2 aromatic heterocycles. The van der Waals surface area contributed by atoms with E-state index in [2.05, 4.69) is 15.2 Å². The first-order valence-corrected chi connectivity index (χ1v) is 8.92. The van der Waals surface area contributed by atoms with Gasteiger partial charge in [-0.3, -0.25) is 9.78 Å². The van der Waals surface area contributed by atoms with E-state index < -0.39 is 17.6 Å². The summed E-state index contributed by atoms with van der Waals surface area (Å²) in [4.78, 5) is 15.8. The van der Waals surface area contributed by atoms with Gasteiger partial charge in [0.15, 0.2) is 15.1 Å². The number of thioether (sulfide) groups is 1. The summed E-state index contributed by atoms with van der Waals surface area (Å²) < 4.78 is 51.2. The van der Waals surface area contributed by atoms with Crippen molar-refractivity contribution in [2.24, 2.45) is 0 Å². The molecule has 3 aromatic rings. The van der Waals surface area contributed by atoms with Crippen LogP contribution in [0.1, 0.15) is 15.9 Å². The molecule has 0 spiro atoms. The Kier molecular flexibility index (Phi) is 5.33. The fourth-order valence-electron chi connectivity index (χ4n) is 1.93. The second kappa shape index (κ2) is 7.50. The molecule has 134 valence electrons. The van der Waals surface area contributed by atoms with Crippen LogP contribution in [0.5, 0.6) is 0 Å². The van der Waals surface area contributed by atoms with Crippen LogP contribution in [0.4, 0.5) is 17.6 Å². The number of Topliss-reactive ketones (excluding diaryl/α,β-unsaturated/α-hetero) is 1. The first-order chi connectivity index (χ1) is 12.3. The summed E-state index contributed by atoms with van der Waals surface area (Å²) in [5.41, 5.74) is -0.327.